The maximum absolute atomic E-state index is 6.49. The molecule has 0 amide bonds. The van der Waals surface area contributed by atoms with E-state index < -0.39 is 0 Å². The van der Waals surface area contributed by atoms with Crippen LogP contribution in [0, 0.1) is 11.3 Å². The van der Waals surface area contributed by atoms with E-state index in [-0.39, 0.29) is 5.41 Å². The lowest BCUT2D eigenvalue weighted by Crippen LogP contribution is -2.27. The maximum atomic E-state index is 6.49. The monoisotopic (exact) mass is 383 g/mol. The van der Waals surface area contributed by atoms with Crippen LogP contribution < -0.4 is 5.32 Å². The first-order valence-electron chi connectivity index (χ1n) is 11.5. The van der Waals surface area contributed by atoms with Crippen molar-refractivity contribution in [3.63, 3.8) is 0 Å². The Kier molecular flexibility index (Phi) is 15.3. The van der Waals surface area contributed by atoms with Gasteiger partial charge in [0, 0.05) is 6.54 Å². The Bertz CT molecular complexity index is 501. The summed E-state index contributed by atoms with van der Waals surface area (Å²) in [5.74, 6) is 0.614. The second-order valence-electron chi connectivity index (χ2n) is 8.81. The molecule has 28 heavy (non-hydrogen) atoms. The summed E-state index contributed by atoms with van der Waals surface area (Å²) in [6, 6.07) is 0. The van der Waals surface area contributed by atoms with Gasteiger partial charge >= 0.3 is 0 Å². The molecular formula is C26H46BN. The van der Waals surface area contributed by atoms with Gasteiger partial charge in [-0.1, -0.05) is 116 Å². The van der Waals surface area contributed by atoms with E-state index in [1.807, 2.05) is 6.08 Å². The lowest BCUT2D eigenvalue weighted by molar-refractivity contribution is 0.313. The summed E-state index contributed by atoms with van der Waals surface area (Å²) in [6.07, 6.45) is 17.2. The van der Waals surface area contributed by atoms with Gasteiger partial charge in [-0.05, 0) is 41.9 Å². The van der Waals surface area contributed by atoms with Crippen LogP contribution in [0.1, 0.15) is 92.4 Å². The lowest BCUT2D eigenvalue weighted by Gasteiger charge is -2.34. The predicted octanol–water partition coefficient (Wildman–Crippen LogP) is 7.51. The van der Waals surface area contributed by atoms with Gasteiger partial charge < -0.3 is 5.32 Å². The molecule has 1 nitrogen and oxygen atoms in total. The maximum Gasteiger partial charge on any atom is 0.114 e. The summed E-state index contributed by atoms with van der Waals surface area (Å²) in [4.78, 5) is 0. The number of unbranched alkanes of at least 4 members (excludes halogenated alkanes) is 5. The van der Waals surface area contributed by atoms with Crippen LogP contribution in [-0.2, 0) is 0 Å². The Hall–Kier alpha value is -1.02. The lowest BCUT2D eigenvalue weighted by atomic mass is 9.69. The largest absolute Gasteiger partial charge is 0.312 e. The topological polar surface area (TPSA) is 12.0 Å². The molecule has 0 fully saturated rings. The van der Waals surface area contributed by atoms with Crippen LogP contribution in [-0.4, -0.2) is 20.9 Å². The van der Waals surface area contributed by atoms with Crippen molar-refractivity contribution in [2.45, 2.75) is 92.4 Å². The SMILES string of the molecule is [B]C(=C/C=C)/C(CNCC(C)C)=C(\C=C)C(C)(CCCCC)CCCCCC. The first-order chi connectivity index (χ1) is 13.4. The second kappa shape index (κ2) is 15.9. The molecule has 0 aromatic heterocycles. The standard InChI is InChI=1S/C26H46BN/c1-8-12-14-16-19-26(7,18-15-13-9-2)24(11-4)23(25(27)17-10-3)21-28-20-22(5)6/h10-11,17,22,28H,3-4,8-9,12-16,18-21H2,1-2,5-7H3/b24-23+,25-17+. The normalized spacial score (nSPS) is 15.3. The molecule has 0 aliphatic carbocycles. The number of rotatable bonds is 17. The fourth-order valence-corrected chi connectivity index (χ4v) is 3.90. The Balaban J connectivity index is 5.85. The van der Waals surface area contributed by atoms with Crippen LogP contribution in [0.2, 0.25) is 0 Å². The van der Waals surface area contributed by atoms with Crippen molar-refractivity contribution in [3.8, 4) is 0 Å². The molecular weight excluding hydrogens is 337 g/mol. The van der Waals surface area contributed by atoms with Crippen molar-refractivity contribution < 1.29 is 0 Å². The first kappa shape index (κ1) is 27.0. The molecule has 0 aliphatic heterocycles. The number of allylic oxidation sites excluding steroid dienone is 4. The van der Waals surface area contributed by atoms with Gasteiger partial charge in [-0.3, -0.25) is 0 Å². The Morgan fingerprint density at radius 1 is 1.00 bits per heavy atom. The van der Waals surface area contributed by atoms with Gasteiger partial charge in [-0.25, -0.2) is 0 Å². The predicted molar refractivity (Wildman–Crippen MR) is 130 cm³/mol. The minimum Gasteiger partial charge on any atom is -0.312 e. The zero-order valence-corrected chi connectivity index (χ0v) is 19.6. The molecule has 0 saturated carbocycles. The minimum atomic E-state index is 0.124. The highest BCUT2D eigenvalue weighted by molar-refractivity contribution is 6.24. The van der Waals surface area contributed by atoms with Crippen molar-refractivity contribution in [3.05, 3.63) is 48.0 Å². The van der Waals surface area contributed by atoms with Gasteiger partial charge in [0.15, 0.2) is 0 Å². The van der Waals surface area contributed by atoms with Crippen molar-refractivity contribution in [1.82, 2.24) is 5.32 Å². The smallest absolute Gasteiger partial charge is 0.114 e. The van der Waals surface area contributed by atoms with Crippen LogP contribution in [0.15, 0.2) is 48.0 Å². The molecule has 1 N–H and O–H groups in total. The third-order valence-electron chi connectivity index (χ3n) is 5.59. The van der Waals surface area contributed by atoms with Crippen LogP contribution >= 0.6 is 0 Å². The summed E-state index contributed by atoms with van der Waals surface area (Å²) in [5, 5.41) is 3.59. The molecule has 1 atom stereocenters. The van der Waals surface area contributed by atoms with Gasteiger partial charge in [0.05, 0.1) is 0 Å². The summed E-state index contributed by atoms with van der Waals surface area (Å²) >= 11 is 0. The molecule has 0 spiro atoms. The molecule has 0 aromatic carbocycles. The van der Waals surface area contributed by atoms with Crippen LogP contribution in [0.3, 0.4) is 0 Å². The molecule has 0 aliphatic rings. The fraction of sp³-hybridized carbons (Fsp3) is 0.692. The van der Waals surface area contributed by atoms with Gasteiger partial charge in [-0.2, -0.15) is 0 Å². The zero-order valence-electron chi connectivity index (χ0n) is 19.6. The molecule has 2 radical (unpaired) electrons. The number of hydrogen-bond donors (Lipinski definition) is 1. The van der Waals surface area contributed by atoms with Crippen molar-refractivity contribution in [1.29, 1.82) is 0 Å². The zero-order chi connectivity index (χ0) is 21.4. The Morgan fingerprint density at radius 3 is 2.07 bits per heavy atom. The summed E-state index contributed by atoms with van der Waals surface area (Å²) in [6.45, 7) is 21.3. The molecule has 0 aromatic rings. The van der Waals surface area contributed by atoms with Gasteiger partial charge in [0.2, 0.25) is 0 Å². The van der Waals surface area contributed by atoms with E-state index in [1.54, 1.807) is 6.08 Å². The molecule has 0 bridgehead atoms. The van der Waals surface area contributed by atoms with E-state index >= 15 is 0 Å². The van der Waals surface area contributed by atoms with E-state index in [9.17, 15) is 0 Å². The molecule has 1 unspecified atom stereocenters. The highest BCUT2D eigenvalue weighted by Gasteiger charge is 2.29. The van der Waals surface area contributed by atoms with E-state index in [1.165, 1.54) is 68.9 Å². The highest BCUT2D eigenvalue weighted by atomic mass is 14.9. The van der Waals surface area contributed by atoms with Crippen molar-refractivity contribution in [2.24, 2.45) is 11.3 Å². The molecule has 2 heteroatoms. The minimum absolute atomic E-state index is 0.124. The third kappa shape index (κ3) is 10.5. The van der Waals surface area contributed by atoms with Gasteiger partial charge in [0.25, 0.3) is 0 Å². The van der Waals surface area contributed by atoms with Crippen molar-refractivity contribution >= 4 is 7.85 Å². The van der Waals surface area contributed by atoms with Crippen molar-refractivity contribution in [2.75, 3.05) is 13.1 Å². The van der Waals surface area contributed by atoms with Crippen LogP contribution in [0.25, 0.3) is 0 Å². The van der Waals surface area contributed by atoms with E-state index in [2.05, 4.69) is 59.2 Å². The van der Waals surface area contributed by atoms with Gasteiger partial charge in [0.1, 0.15) is 7.85 Å². The highest BCUT2D eigenvalue weighted by Crippen LogP contribution is 2.41. The fourth-order valence-electron chi connectivity index (χ4n) is 3.90. The van der Waals surface area contributed by atoms with E-state index in [0.29, 0.717) is 5.92 Å². The Labute approximate surface area is 178 Å². The molecule has 0 rings (SSSR count). The quantitative estimate of drug-likeness (QED) is 0.156. The number of nitrogens with one attached hydrogen (secondary N) is 1. The summed E-state index contributed by atoms with van der Waals surface area (Å²) < 4.78 is 0. The van der Waals surface area contributed by atoms with E-state index in [0.717, 1.165) is 18.6 Å². The summed E-state index contributed by atoms with van der Waals surface area (Å²) in [7, 11) is 6.49. The molecule has 0 saturated heterocycles. The Morgan fingerprint density at radius 2 is 1.57 bits per heavy atom. The van der Waals surface area contributed by atoms with Crippen LogP contribution in [0.5, 0.6) is 0 Å². The van der Waals surface area contributed by atoms with Crippen LogP contribution in [0.4, 0.5) is 0 Å². The van der Waals surface area contributed by atoms with Gasteiger partial charge in [-0.15, -0.1) is 0 Å². The third-order valence-corrected chi connectivity index (χ3v) is 5.59. The average molecular weight is 383 g/mol. The van der Waals surface area contributed by atoms with E-state index in [4.69, 9.17) is 7.85 Å². The summed E-state index contributed by atoms with van der Waals surface area (Å²) in [5.41, 5.74) is 3.47. The molecule has 158 valence electrons. The second-order valence-corrected chi connectivity index (χ2v) is 8.81. The molecule has 0 heterocycles. The average Bonchev–Trinajstić information content (AvgIpc) is 2.65. The number of hydrogen-bond acceptors (Lipinski definition) is 1. The first-order valence-corrected chi connectivity index (χ1v) is 11.5.